The highest BCUT2D eigenvalue weighted by molar-refractivity contribution is 7.83. The molecule has 2 fully saturated rings. The van der Waals surface area contributed by atoms with Crippen LogP contribution in [-0.2, 0) is 21.3 Å². The summed E-state index contributed by atoms with van der Waals surface area (Å²) in [5.41, 5.74) is 1.82. The number of hydrogen-bond donors (Lipinski definition) is 1. The molecule has 5 heteroatoms. The van der Waals surface area contributed by atoms with Crippen LogP contribution in [0.4, 0.5) is 5.69 Å². The molecule has 1 heterocycles. The van der Waals surface area contributed by atoms with Gasteiger partial charge in [0.05, 0.1) is 5.92 Å². The molecule has 4 nitrogen and oxygen atoms in total. The Bertz CT molecular complexity index is 599. The van der Waals surface area contributed by atoms with E-state index in [0.29, 0.717) is 11.8 Å². The molecule has 24 heavy (non-hydrogen) atoms. The van der Waals surface area contributed by atoms with Crippen LogP contribution in [0, 0.1) is 5.92 Å². The van der Waals surface area contributed by atoms with Crippen LogP contribution < -0.4 is 5.32 Å². The van der Waals surface area contributed by atoms with Crippen LogP contribution in [0.5, 0.6) is 0 Å². The fourth-order valence-electron chi connectivity index (χ4n) is 4.00. The van der Waals surface area contributed by atoms with E-state index in [2.05, 4.69) is 10.2 Å². The monoisotopic (exact) mass is 348 g/mol. The molecule has 1 aliphatic carbocycles. The summed E-state index contributed by atoms with van der Waals surface area (Å²) >= 11 is 0. The normalized spacial score (nSPS) is 24.0. The average Bonchev–Trinajstić information content (AvgIpc) is 3.05. The first-order valence-electron chi connectivity index (χ1n) is 9.05. The molecule has 1 aromatic carbocycles. The van der Waals surface area contributed by atoms with E-state index in [0.717, 1.165) is 30.8 Å². The molecule has 0 radical (unpaired) electrons. The number of rotatable bonds is 5. The van der Waals surface area contributed by atoms with E-state index in [9.17, 15) is 9.00 Å². The van der Waals surface area contributed by atoms with Gasteiger partial charge < -0.3 is 5.32 Å². The fraction of sp³-hybridized carbons (Fsp3) is 0.632. The van der Waals surface area contributed by atoms with Crippen molar-refractivity contribution < 1.29 is 9.00 Å². The number of amides is 1. The smallest absolute Gasteiger partial charge is 0.228 e. The predicted octanol–water partition coefficient (Wildman–Crippen LogP) is 3.16. The van der Waals surface area contributed by atoms with Gasteiger partial charge in [0.15, 0.2) is 0 Å². The van der Waals surface area contributed by atoms with Crippen molar-refractivity contribution in [1.29, 1.82) is 0 Å². The summed E-state index contributed by atoms with van der Waals surface area (Å²) in [6, 6.07) is 8.42. The van der Waals surface area contributed by atoms with Gasteiger partial charge in [-0.1, -0.05) is 31.4 Å². The van der Waals surface area contributed by atoms with E-state index in [1.807, 2.05) is 24.3 Å². The van der Waals surface area contributed by atoms with Crippen molar-refractivity contribution in [1.82, 2.24) is 4.90 Å². The van der Waals surface area contributed by atoms with Gasteiger partial charge in [0.2, 0.25) is 5.91 Å². The Labute approximate surface area is 147 Å². The van der Waals surface area contributed by atoms with Gasteiger partial charge in [-0.05, 0) is 43.5 Å². The zero-order valence-electron chi connectivity index (χ0n) is 14.5. The van der Waals surface area contributed by atoms with Gasteiger partial charge in [-0.15, -0.1) is 0 Å². The highest BCUT2D eigenvalue weighted by Crippen LogP contribution is 2.28. The van der Waals surface area contributed by atoms with E-state index < -0.39 is 10.8 Å². The van der Waals surface area contributed by atoms with Crippen molar-refractivity contribution in [2.75, 3.05) is 24.7 Å². The Kier molecular flexibility index (Phi) is 6.06. The Morgan fingerprint density at radius 3 is 2.79 bits per heavy atom. The second-order valence-electron chi connectivity index (χ2n) is 7.18. The quantitative estimate of drug-likeness (QED) is 0.889. The van der Waals surface area contributed by atoms with Crippen LogP contribution in [0.25, 0.3) is 0 Å². The summed E-state index contributed by atoms with van der Waals surface area (Å²) in [5.74, 6) is 0.752. The largest absolute Gasteiger partial charge is 0.326 e. The molecule has 0 bridgehead atoms. The van der Waals surface area contributed by atoms with Gasteiger partial charge in [-0.3, -0.25) is 13.9 Å². The standard InChI is InChI=1S/C19H28N2O2S/c1-24(23)14-15-6-5-7-17(12-15)20-19(22)16-10-11-21(13-16)18-8-3-2-4-9-18/h5-7,12,16,18H,2-4,8-11,13-14H2,1H3,(H,20,22)/t16-,24+/m1/s1. The number of anilines is 1. The molecule has 1 aromatic rings. The molecular weight excluding hydrogens is 320 g/mol. The molecule has 1 saturated carbocycles. The molecule has 2 aliphatic rings. The first-order chi connectivity index (χ1) is 11.6. The van der Waals surface area contributed by atoms with Gasteiger partial charge in [-0.2, -0.15) is 0 Å². The van der Waals surface area contributed by atoms with Crippen molar-refractivity contribution in [3.8, 4) is 0 Å². The van der Waals surface area contributed by atoms with Crippen molar-refractivity contribution in [2.24, 2.45) is 5.92 Å². The lowest BCUT2D eigenvalue weighted by molar-refractivity contribution is -0.119. The van der Waals surface area contributed by atoms with E-state index in [4.69, 9.17) is 0 Å². The number of benzene rings is 1. The lowest BCUT2D eigenvalue weighted by atomic mass is 9.94. The molecule has 1 N–H and O–H groups in total. The second-order valence-corrected chi connectivity index (χ2v) is 8.61. The molecule has 0 spiro atoms. The Morgan fingerprint density at radius 1 is 1.25 bits per heavy atom. The summed E-state index contributed by atoms with van der Waals surface area (Å²) in [4.78, 5) is 15.1. The molecule has 3 rings (SSSR count). The summed E-state index contributed by atoms with van der Waals surface area (Å²) < 4.78 is 11.4. The number of nitrogens with zero attached hydrogens (tertiary/aromatic N) is 1. The maximum atomic E-state index is 12.6. The van der Waals surface area contributed by atoms with Crippen LogP contribution in [0.15, 0.2) is 24.3 Å². The van der Waals surface area contributed by atoms with Crippen LogP contribution in [-0.4, -0.2) is 40.4 Å². The third-order valence-electron chi connectivity index (χ3n) is 5.25. The molecule has 0 aromatic heterocycles. The van der Waals surface area contributed by atoms with Crippen LogP contribution in [0.1, 0.15) is 44.1 Å². The Hall–Kier alpha value is -1.20. The second kappa shape index (κ2) is 8.26. The molecule has 2 atom stereocenters. The van der Waals surface area contributed by atoms with Crippen LogP contribution in [0.2, 0.25) is 0 Å². The summed E-state index contributed by atoms with van der Waals surface area (Å²) in [6.45, 7) is 1.95. The first kappa shape index (κ1) is 17.6. The number of nitrogens with one attached hydrogen (secondary N) is 1. The maximum Gasteiger partial charge on any atom is 0.228 e. The van der Waals surface area contributed by atoms with E-state index in [1.54, 1.807) is 6.26 Å². The minimum atomic E-state index is -0.867. The van der Waals surface area contributed by atoms with Crippen LogP contribution >= 0.6 is 0 Å². The Morgan fingerprint density at radius 2 is 2.04 bits per heavy atom. The van der Waals surface area contributed by atoms with Crippen molar-refractivity contribution >= 4 is 22.4 Å². The molecule has 1 amide bonds. The van der Waals surface area contributed by atoms with Crippen molar-refractivity contribution in [2.45, 2.75) is 50.3 Å². The molecule has 132 valence electrons. The van der Waals surface area contributed by atoms with E-state index in [1.165, 1.54) is 32.1 Å². The third kappa shape index (κ3) is 4.67. The van der Waals surface area contributed by atoms with Gasteiger partial charge in [-0.25, -0.2) is 0 Å². The lowest BCUT2D eigenvalue weighted by Gasteiger charge is -2.30. The predicted molar refractivity (Wildman–Crippen MR) is 99.4 cm³/mol. The van der Waals surface area contributed by atoms with Crippen LogP contribution in [0.3, 0.4) is 0 Å². The van der Waals surface area contributed by atoms with E-state index in [-0.39, 0.29) is 11.8 Å². The fourth-order valence-corrected chi connectivity index (χ4v) is 4.65. The number of carbonyl (C=O) groups excluding carboxylic acids is 1. The number of hydrogen-bond acceptors (Lipinski definition) is 3. The van der Waals surface area contributed by atoms with Gasteiger partial charge in [0.25, 0.3) is 0 Å². The molecular formula is C19H28N2O2S. The molecule has 1 aliphatic heterocycles. The summed E-state index contributed by atoms with van der Waals surface area (Å²) in [6.07, 6.45) is 9.29. The minimum absolute atomic E-state index is 0.0934. The average molecular weight is 349 g/mol. The number of likely N-dealkylation sites (tertiary alicyclic amines) is 1. The zero-order valence-corrected chi connectivity index (χ0v) is 15.3. The first-order valence-corrected chi connectivity index (χ1v) is 10.8. The van der Waals surface area contributed by atoms with E-state index >= 15 is 0 Å². The Balaban J connectivity index is 1.54. The highest BCUT2D eigenvalue weighted by Gasteiger charge is 2.32. The maximum absolute atomic E-state index is 12.6. The van der Waals surface area contributed by atoms with Gasteiger partial charge in [0, 0.05) is 41.1 Å². The minimum Gasteiger partial charge on any atom is -0.326 e. The zero-order chi connectivity index (χ0) is 16.9. The van der Waals surface area contributed by atoms with Gasteiger partial charge in [0.1, 0.15) is 0 Å². The SMILES string of the molecule is C[S@](=O)Cc1cccc(NC(=O)[C@@H]2CCN(C3CCCCC3)C2)c1. The van der Waals surface area contributed by atoms with Gasteiger partial charge >= 0.3 is 0 Å². The highest BCUT2D eigenvalue weighted by atomic mass is 32.2. The summed E-state index contributed by atoms with van der Waals surface area (Å²) in [7, 11) is -0.867. The molecule has 0 unspecified atom stereocenters. The summed E-state index contributed by atoms with van der Waals surface area (Å²) in [5, 5.41) is 3.06. The molecule has 1 saturated heterocycles. The van der Waals surface area contributed by atoms with Crippen molar-refractivity contribution in [3.05, 3.63) is 29.8 Å². The lowest BCUT2D eigenvalue weighted by Crippen LogP contribution is -2.36. The number of carbonyl (C=O) groups is 1. The van der Waals surface area contributed by atoms with Crippen molar-refractivity contribution in [3.63, 3.8) is 0 Å². The topological polar surface area (TPSA) is 49.4 Å². The third-order valence-corrected chi connectivity index (χ3v) is 5.99.